The summed E-state index contributed by atoms with van der Waals surface area (Å²) in [4.78, 5) is 23.6. The van der Waals surface area contributed by atoms with Gasteiger partial charge in [0.15, 0.2) is 0 Å². The van der Waals surface area contributed by atoms with E-state index in [-0.39, 0.29) is 5.57 Å². The zero-order valence-corrected chi connectivity index (χ0v) is 11.6. The molecule has 1 aromatic rings. The highest BCUT2D eigenvalue weighted by molar-refractivity contribution is 6.17. The molecule has 0 aliphatic heterocycles. The van der Waals surface area contributed by atoms with Crippen molar-refractivity contribution in [2.75, 3.05) is 7.11 Å². The van der Waals surface area contributed by atoms with Crippen LogP contribution in [0.4, 0.5) is 0 Å². The smallest absolute Gasteiger partial charge is 0.346 e. The predicted octanol–water partition coefficient (Wildman–Crippen LogP) is 2.58. The molecule has 19 heavy (non-hydrogen) atoms. The maximum absolute atomic E-state index is 12.0. The fourth-order valence-corrected chi connectivity index (χ4v) is 1.36. The van der Waals surface area contributed by atoms with Gasteiger partial charge in [-0.3, -0.25) is 0 Å². The van der Waals surface area contributed by atoms with Gasteiger partial charge >= 0.3 is 11.9 Å². The van der Waals surface area contributed by atoms with Gasteiger partial charge in [0.25, 0.3) is 0 Å². The first-order chi connectivity index (χ1) is 8.83. The fraction of sp³-hybridized carbons (Fsp3) is 0.333. The van der Waals surface area contributed by atoms with Crippen LogP contribution in [0.5, 0.6) is 0 Å². The molecule has 4 heteroatoms. The molecule has 0 unspecified atom stereocenters. The van der Waals surface area contributed by atoms with Crippen LogP contribution in [0.25, 0.3) is 6.08 Å². The Bertz CT molecular complexity index is 481. The number of carbonyl (C=O) groups excluding carboxylic acids is 2. The monoisotopic (exact) mass is 262 g/mol. The average molecular weight is 262 g/mol. The number of ether oxygens (including phenoxy) is 2. The van der Waals surface area contributed by atoms with Gasteiger partial charge in [0, 0.05) is 0 Å². The lowest BCUT2D eigenvalue weighted by molar-refractivity contribution is -0.153. The Morgan fingerprint density at radius 2 is 1.63 bits per heavy atom. The van der Waals surface area contributed by atoms with Crippen LogP contribution in [0.3, 0.4) is 0 Å². The second-order valence-electron chi connectivity index (χ2n) is 4.96. The summed E-state index contributed by atoms with van der Waals surface area (Å²) in [5, 5.41) is 0. The lowest BCUT2D eigenvalue weighted by Gasteiger charge is -2.19. The first-order valence-corrected chi connectivity index (χ1v) is 5.92. The van der Waals surface area contributed by atoms with Gasteiger partial charge in [-0.2, -0.15) is 0 Å². The zero-order valence-electron chi connectivity index (χ0n) is 11.6. The van der Waals surface area contributed by atoms with Crippen molar-refractivity contribution in [1.82, 2.24) is 0 Å². The standard InChI is InChI=1S/C15H18O4/c1-15(2,3)19-14(17)12(13(16)18-4)10-11-8-6-5-7-9-11/h5-10H,1-4H3/b12-10-. The Morgan fingerprint density at radius 1 is 1.05 bits per heavy atom. The van der Waals surface area contributed by atoms with Crippen molar-refractivity contribution in [2.45, 2.75) is 26.4 Å². The van der Waals surface area contributed by atoms with E-state index in [1.54, 1.807) is 32.9 Å². The Balaban J connectivity index is 3.06. The summed E-state index contributed by atoms with van der Waals surface area (Å²) in [6, 6.07) is 9.05. The molecule has 0 atom stereocenters. The first-order valence-electron chi connectivity index (χ1n) is 5.92. The number of benzene rings is 1. The number of rotatable bonds is 3. The molecule has 1 rings (SSSR count). The van der Waals surface area contributed by atoms with Gasteiger partial charge in [-0.05, 0) is 32.4 Å². The maximum Gasteiger partial charge on any atom is 0.346 e. The molecule has 0 aliphatic rings. The molecule has 0 amide bonds. The summed E-state index contributed by atoms with van der Waals surface area (Å²) in [7, 11) is 1.23. The topological polar surface area (TPSA) is 52.6 Å². The number of esters is 2. The third-order valence-corrected chi connectivity index (χ3v) is 2.13. The van der Waals surface area contributed by atoms with E-state index < -0.39 is 17.5 Å². The minimum atomic E-state index is -0.710. The molecule has 1 aromatic carbocycles. The van der Waals surface area contributed by atoms with E-state index >= 15 is 0 Å². The molecule has 0 aliphatic carbocycles. The van der Waals surface area contributed by atoms with Crippen LogP contribution in [0.2, 0.25) is 0 Å². The Morgan fingerprint density at radius 3 is 2.11 bits per heavy atom. The van der Waals surface area contributed by atoms with Crippen LogP contribution >= 0.6 is 0 Å². The second-order valence-corrected chi connectivity index (χ2v) is 4.96. The molecule has 0 spiro atoms. The van der Waals surface area contributed by atoms with E-state index in [9.17, 15) is 9.59 Å². The Labute approximate surface area is 113 Å². The third-order valence-electron chi connectivity index (χ3n) is 2.13. The van der Waals surface area contributed by atoms with Crippen molar-refractivity contribution in [3.05, 3.63) is 41.5 Å². The molecular formula is C15H18O4. The number of methoxy groups -OCH3 is 1. The normalized spacial score (nSPS) is 11.9. The molecule has 0 saturated carbocycles. The first kappa shape index (κ1) is 15.0. The SMILES string of the molecule is COC(=O)/C(=C/c1ccccc1)C(=O)OC(C)(C)C. The summed E-state index contributed by atoms with van der Waals surface area (Å²) < 4.78 is 9.80. The Hall–Kier alpha value is -2.10. The van der Waals surface area contributed by atoms with Gasteiger partial charge in [0.05, 0.1) is 7.11 Å². The van der Waals surface area contributed by atoms with Crippen LogP contribution in [-0.4, -0.2) is 24.6 Å². The van der Waals surface area contributed by atoms with Gasteiger partial charge in [0.2, 0.25) is 0 Å². The van der Waals surface area contributed by atoms with Crippen LogP contribution in [-0.2, 0) is 19.1 Å². The van der Waals surface area contributed by atoms with Crippen molar-refractivity contribution in [2.24, 2.45) is 0 Å². The highest BCUT2D eigenvalue weighted by Gasteiger charge is 2.25. The lowest BCUT2D eigenvalue weighted by atomic mass is 10.1. The van der Waals surface area contributed by atoms with Crippen LogP contribution in [0, 0.1) is 0 Å². The Kier molecular flexibility index (Phi) is 4.87. The summed E-state index contributed by atoms with van der Waals surface area (Å²) >= 11 is 0. The van der Waals surface area contributed by atoms with Gasteiger partial charge in [-0.25, -0.2) is 9.59 Å². The van der Waals surface area contributed by atoms with Gasteiger partial charge in [0.1, 0.15) is 11.2 Å². The molecule has 0 N–H and O–H groups in total. The number of hydrogen-bond acceptors (Lipinski definition) is 4. The molecule has 102 valence electrons. The molecule has 0 saturated heterocycles. The molecule has 0 bridgehead atoms. The third kappa shape index (κ3) is 4.95. The second kappa shape index (κ2) is 6.18. The fourth-order valence-electron chi connectivity index (χ4n) is 1.36. The molecule has 0 heterocycles. The molecule has 4 nitrogen and oxygen atoms in total. The van der Waals surface area contributed by atoms with Crippen molar-refractivity contribution >= 4 is 18.0 Å². The quantitative estimate of drug-likeness (QED) is 0.363. The van der Waals surface area contributed by atoms with Crippen LogP contribution < -0.4 is 0 Å². The van der Waals surface area contributed by atoms with Crippen LogP contribution in [0.15, 0.2) is 35.9 Å². The van der Waals surface area contributed by atoms with E-state index in [1.165, 1.54) is 13.2 Å². The van der Waals surface area contributed by atoms with Gasteiger partial charge in [-0.1, -0.05) is 30.3 Å². The minimum absolute atomic E-state index is 0.122. The van der Waals surface area contributed by atoms with E-state index in [2.05, 4.69) is 4.74 Å². The molecule has 0 fully saturated rings. The van der Waals surface area contributed by atoms with E-state index in [0.29, 0.717) is 0 Å². The van der Waals surface area contributed by atoms with E-state index in [1.807, 2.05) is 18.2 Å². The average Bonchev–Trinajstić information content (AvgIpc) is 2.34. The van der Waals surface area contributed by atoms with Gasteiger partial charge < -0.3 is 9.47 Å². The predicted molar refractivity (Wildman–Crippen MR) is 72.3 cm³/mol. The lowest BCUT2D eigenvalue weighted by Crippen LogP contribution is -2.27. The summed E-state index contributed by atoms with van der Waals surface area (Å²) in [6.07, 6.45) is 1.46. The van der Waals surface area contributed by atoms with Gasteiger partial charge in [-0.15, -0.1) is 0 Å². The molecular weight excluding hydrogens is 244 g/mol. The maximum atomic E-state index is 12.0. The summed E-state index contributed by atoms with van der Waals surface area (Å²) in [5.41, 5.74) is -0.0571. The number of hydrogen-bond donors (Lipinski definition) is 0. The number of carbonyl (C=O) groups is 2. The van der Waals surface area contributed by atoms with E-state index in [4.69, 9.17) is 4.74 Å². The minimum Gasteiger partial charge on any atom is -0.465 e. The summed E-state index contributed by atoms with van der Waals surface area (Å²) in [5.74, 6) is -1.40. The van der Waals surface area contributed by atoms with Crippen molar-refractivity contribution in [3.63, 3.8) is 0 Å². The highest BCUT2D eigenvalue weighted by atomic mass is 16.6. The highest BCUT2D eigenvalue weighted by Crippen LogP contribution is 2.15. The largest absolute Gasteiger partial charge is 0.465 e. The zero-order chi connectivity index (χ0) is 14.5. The molecule has 0 radical (unpaired) electrons. The van der Waals surface area contributed by atoms with Crippen molar-refractivity contribution in [3.8, 4) is 0 Å². The van der Waals surface area contributed by atoms with Crippen LogP contribution in [0.1, 0.15) is 26.3 Å². The summed E-state index contributed by atoms with van der Waals surface area (Å²) in [6.45, 7) is 5.22. The van der Waals surface area contributed by atoms with E-state index in [0.717, 1.165) is 5.56 Å². The van der Waals surface area contributed by atoms with Crippen molar-refractivity contribution < 1.29 is 19.1 Å². The van der Waals surface area contributed by atoms with Crippen molar-refractivity contribution in [1.29, 1.82) is 0 Å². The molecule has 0 aromatic heterocycles.